The van der Waals surface area contributed by atoms with E-state index in [2.05, 4.69) is 22.4 Å². The van der Waals surface area contributed by atoms with Crippen LogP contribution in [0.1, 0.15) is 31.2 Å². The Morgan fingerprint density at radius 3 is 2.95 bits per heavy atom. The van der Waals surface area contributed by atoms with Gasteiger partial charge in [-0.05, 0) is 50.4 Å². The summed E-state index contributed by atoms with van der Waals surface area (Å²) in [6.07, 6.45) is 5.24. The Morgan fingerprint density at radius 1 is 1.26 bits per heavy atom. The van der Waals surface area contributed by atoms with Crippen molar-refractivity contribution in [3.8, 4) is 6.07 Å². The zero-order valence-corrected chi connectivity index (χ0v) is 11.4. The second-order valence-corrected chi connectivity index (χ2v) is 5.97. The molecule has 1 aromatic carbocycles. The van der Waals surface area contributed by atoms with E-state index in [4.69, 9.17) is 5.26 Å². The molecule has 3 heteroatoms. The van der Waals surface area contributed by atoms with Gasteiger partial charge >= 0.3 is 0 Å². The molecule has 100 valence electrons. The number of piperidine rings is 2. The molecule has 0 bridgehead atoms. The van der Waals surface area contributed by atoms with Crippen LogP contribution in [0.3, 0.4) is 0 Å². The van der Waals surface area contributed by atoms with Crippen molar-refractivity contribution in [1.29, 1.82) is 5.26 Å². The normalized spacial score (nSPS) is 27.2. The van der Waals surface area contributed by atoms with Gasteiger partial charge in [-0.25, -0.2) is 0 Å². The molecule has 2 saturated heterocycles. The van der Waals surface area contributed by atoms with Crippen molar-refractivity contribution >= 4 is 5.69 Å². The van der Waals surface area contributed by atoms with Crippen molar-refractivity contribution in [2.75, 3.05) is 31.1 Å². The predicted molar refractivity (Wildman–Crippen MR) is 77.1 cm³/mol. The number of hydrogen-bond donors (Lipinski definition) is 1. The Balaban J connectivity index is 1.79. The summed E-state index contributed by atoms with van der Waals surface area (Å²) < 4.78 is 0. The summed E-state index contributed by atoms with van der Waals surface area (Å²) in [6.45, 7) is 4.58. The van der Waals surface area contributed by atoms with Crippen molar-refractivity contribution in [2.45, 2.75) is 25.7 Å². The first-order valence-corrected chi connectivity index (χ1v) is 7.27. The highest BCUT2D eigenvalue weighted by atomic mass is 15.2. The van der Waals surface area contributed by atoms with Gasteiger partial charge in [-0.1, -0.05) is 6.07 Å². The van der Waals surface area contributed by atoms with E-state index in [-0.39, 0.29) is 0 Å². The van der Waals surface area contributed by atoms with Gasteiger partial charge in [-0.2, -0.15) is 5.26 Å². The maximum absolute atomic E-state index is 9.02. The van der Waals surface area contributed by atoms with Gasteiger partial charge in [0.15, 0.2) is 0 Å². The molecule has 1 atom stereocenters. The predicted octanol–water partition coefficient (Wildman–Crippen LogP) is 2.53. The van der Waals surface area contributed by atoms with Gasteiger partial charge in [0.05, 0.1) is 11.6 Å². The van der Waals surface area contributed by atoms with Crippen LogP contribution in [0.2, 0.25) is 0 Å². The van der Waals surface area contributed by atoms with Gasteiger partial charge in [-0.3, -0.25) is 0 Å². The molecule has 0 radical (unpaired) electrons. The highest BCUT2D eigenvalue weighted by Gasteiger charge is 2.36. The summed E-state index contributed by atoms with van der Waals surface area (Å²) in [4.78, 5) is 2.47. The van der Waals surface area contributed by atoms with Crippen LogP contribution in [-0.4, -0.2) is 26.2 Å². The fraction of sp³-hybridized carbons (Fsp3) is 0.562. The highest BCUT2D eigenvalue weighted by Crippen LogP contribution is 2.37. The van der Waals surface area contributed by atoms with Crippen LogP contribution in [0, 0.1) is 16.7 Å². The monoisotopic (exact) mass is 255 g/mol. The van der Waals surface area contributed by atoms with E-state index in [1.54, 1.807) is 0 Å². The first-order chi connectivity index (χ1) is 9.31. The molecule has 3 rings (SSSR count). The van der Waals surface area contributed by atoms with Gasteiger partial charge in [-0.15, -0.1) is 0 Å². The van der Waals surface area contributed by atoms with Crippen molar-refractivity contribution in [1.82, 2.24) is 5.32 Å². The molecular formula is C16H21N3. The van der Waals surface area contributed by atoms with Crippen LogP contribution in [0.4, 0.5) is 5.69 Å². The van der Waals surface area contributed by atoms with Gasteiger partial charge in [0.1, 0.15) is 0 Å². The molecule has 0 saturated carbocycles. The van der Waals surface area contributed by atoms with Crippen molar-refractivity contribution < 1.29 is 0 Å². The number of nitrogens with one attached hydrogen (secondary N) is 1. The maximum atomic E-state index is 9.02. The fourth-order valence-corrected chi connectivity index (χ4v) is 3.58. The van der Waals surface area contributed by atoms with Gasteiger partial charge in [0, 0.05) is 30.7 Å². The molecule has 1 N–H and O–H groups in total. The Morgan fingerprint density at radius 2 is 2.16 bits per heavy atom. The minimum absolute atomic E-state index is 0.457. The van der Waals surface area contributed by atoms with Crippen molar-refractivity contribution in [3.63, 3.8) is 0 Å². The smallest absolute Gasteiger partial charge is 0.0992 e. The number of rotatable bonds is 1. The van der Waals surface area contributed by atoms with Crippen LogP contribution >= 0.6 is 0 Å². The molecule has 1 spiro atoms. The average Bonchev–Trinajstić information content (AvgIpc) is 2.48. The van der Waals surface area contributed by atoms with Gasteiger partial charge in [0.25, 0.3) is 0 Å². The quantitative estimate of drug-likeness (QED) is 0.838. The van der Waals surface area contributed by atoms with Crippen LogP contribution < -0.4 is 10.2 Å². The molecule has 0 aromatic heterocycles. The number of benzene rings is 1. The van der Waals surface area contributed by atoms with E-state index in [0.29, 0.717) is 5.41 Å². The molecule has 2 heterocycles. The Bertz CT molecular complexity index is 478. The minimum atomic E-state index is 0.457. The number of anilines is 1. The lowest BCUT2D eigenvalue weighted by atomic mass is 9.74. The molecule has 2 aliphatic heterocycles. The van der Waals surface area contributed by atoms with Crippen LogP contribution in [-0.2, 0) is 0 Å². The van der Waals surface area contributed by atoms with E-state index >= 15 is 0 Å². The van der Waals surface area contributed by atoms with E-state index in [1.807, 2.05) is 18.2 Å². The van der Waals surface area contributed by atoms with E-state index < -0.39 is 0 Å². The molecule has 2 aliphatic rings. The van der Waals surface area contributed by atoms with Crippen LogP contribution in [0.5, 0.6) is 0 Å². The van der Waals surface area contributed by atoms with Gasteiger partial charge < -0.3 is 10.2 Å². The zero-order chi connectivity index (χ0) is 13.1. The Kier molecular flexibility index (Phi) is 3.44. The molecule has 2 fully saturated rings. The Hall–Kier alpha value is -1.53. The van der Waals surface area contributed by atoms with E-state index in [0.717, 1.165) is 25.2 Å². The molecule has 1 aromatic rings. The maximum Gasteiger partial charge on any atom is 0.0992 e. The summed E-state index contributed by atoms with van der Waals surface area (Å²) >= 11 is 0. The SMILES string of the molecule is N#Cc1cccc(N2CCCC3(CCCNC3)C2)c1. The summed E-state index contributed by atoms with van der Waals surface area (Å²) in [5, 5.41) is 12.6. The lowest BCUT2D eigenvalue weighted by molar-refractivity contribution is 0.173. The molecule has 3 nitrogen and oxygen atoms in total. The summed E-state index contributed by atoms with van der Waals surface area (Å²) in [7, 11) is 0. The average molecular weight is 255 g/mol. The second kappa shape index (κ2) is 5.22. The van der Waals surface area contributed by atoms with Crippen LogP contribution in [0.15, 0.2) is 24.3 Å². The largest absolute Gasteiger partial charge is 0.371 e. The first kappa shape index (κ1) is 12.5. The third-order valence-corrected chi connectivity index (χ3v) is 4.56. The van der Waals surface area contributed by atoms with Crippen molar-refractivity contribution in [2.24, 2.45) is 5.41 Å². The zero-order valence-electron chi connectivity index (χ0n) is 11.4. The third kappa shape index (κ3) is 2.59. The number of nitriles is 1. The summed E-state index contributed by atoms with van der Waals surface area (Å²) in [6, 6.07) is 10.3. The minimum Gasteiger partial charge on any atom is -0.371 e. The first-order valence-electron chi connectivity index (χ1n) is 7.27. The van der Waals surface area contributed by atoms with E-state index in [9.17, 15) is 0 Å². The molecule has 0 aliphatic carbocycles. The van der Waals surface area contributed by atoms with Crippen LogP contribution in [0.25, 0.3) is 0 Å². The van der Waals surface area contributed by atoms with E-state index in [1.165, 1.54) is 37.9 Å². The summed E-state index contributed by atoms with van der Waals surface area (Å²) in [5.74, 6) is 0. The molecular weight excluding hydrogens is 234 g/mol. The van der Waals surface area contributed by atoms with Gasteiger partial charge in [0.2, 0.25) is 0 Å². The standard InChI is InChI=1S/C16H21N3/c17-11-14-4-1-5-15(10-14)19-9-3-7-16(13-19)6-2-8-18-12-16/h1,4-5,10,18H,2-3,6-9,12-13H2. The molecule has 1 unspecified atom stereocenters. The molecule has 19 heavy (non-hydrogen) atoms. The highest BCUT2D eigenvalue weighted by molar-refractivity contribution is 5.52. The third-order valence-electron chi connectivity index (χ3n) is 4.56. The summed E-state index contributed by atoms with van der Waals surface area (Å²) in [5.41, 5.74) is 2.43. The Labute approximate surface area is 115 Å². The second-order valence-electron chi connectivity index (χ2n) is 5.97. The topological polar surface area (TPSA) is 39.1 Å². The molecule has 0 amide bonds. The lowest BCUT2D eigenvalue weighted by Gasteiger charge is -2.46. The van der Waals surface area contributed by atoms with Crippen molar-refractivity contribution in [3.05, 3.63) is 29.8 Å². The number of hydrogen-bond acceptors (Lipinski definition) is 3. The lowest BCUT2D eigenvalue weighted by Crippen LogP contribution is -2.51. The number of nitrogens with zero attached hydrogens (tertiary/aromatic N) is 2. The fourth-order valence-electron chi connectivity index (χ4n) is 3.58.